The van der Waals surface area contributed by atoms with Crippen LogP contribution in [-0.2, 0) is 20.7 Å². The lowest BCUT2D eigenvalue weighted by Gasteiger charge is -2.35. The number of carboxylic acid groups (broad SMARTS) is 1. The van der Waals surface area contributed by atoms with Crippen LogP contribution < -0.4 is 0 Å². The fourth-order valence-electron chi connectivity index (χ4n) is 2.56. The van der Waals surface area contributed by atoms with Crippen molar-refractivity contribution in [2.75, 3.05) is 13.1 Å². The number of rotatable bonds is 3. The number of benzene rings is 1. The van der Waals surface area contributed by atoms with E-state index in [1.54, 1.807) is 11.8 Å². The van der Waals surface area contributed by atoms with E-state index in [-0.39, 0.29) is 18.6 Å². The van der Waals surface area contributed by atoms with E-state index in [4.69, 9.17) is 9.84 Å². The Morgan fingerprint density at radius 2 is 2.05 bits per heavy atom. The number of hydrogen-bond donors (Lipinski definition) is 1. The van der Waals surface area contributed by atoms with Crippen LogP contribution in [0.1, 0.15) is 23.6 Å². The minimum absolute atomic E-state index is 0.0508. The van der Waals surface area contributed by atoms with Gasteiger partial charge in [-0.25, -0.2) is 4.79 Å². The van der Waals surface area contributed by atoms with Crippen LogP contribution in [0, 0.1) is 13.8 Å². The zero-order chi connectivity index (χ0) is 15.6. The Hall–Kier alpha value is -1.88. The summed E-state index contributed by atoms with van der Waals surface area (Å²) in [5.41, 5.74) is 3.18. The average molecular weight is 291 g/mol. The zero-order valence-corrected chi connectivity index (χ0v) is 12.6. The molecule has 1 unspecified atom stereocenters. The summed E-state index contributed by atoms with van der Waals surface area (Å²) < 4.78 is 5.33. The van der Waals surface area contributed by atoms with Crippen LogP contribution in [0.3, 0.4) is 0 Å². The van der Waals surface area contributed by atoms with E-state index in [0.29, 0.717) is 13.0 Å². The summed E-state index contributed by atoms with van der Waals surface area (Å²) >= 11 is 0. The third-order valence-electron chi connectivity index (χ3n) is 3.73. The van der Waals surface area contributed by atoms with Gasteiger partial charge in [0.2, 0.25) is 5.91 Å². The number of nitrogens with zero attached hydrogens (tertiary/aromatic N) is 1. The molecule has 2 rings (SSSR count). The van der Waals surface area contributed by atoms with Gasteiger partial charge < -0.3 is 14.7 Å². The third kappa shape index (κ3) is 3.82. The molecule has 5 nitrogen and oxygen atoms in total. The number of carbonyl (C=O) groups excluding carboxylic acids is 1. The van der Waals surface area contributed by atoms with Crippen molar-refractivity contribution in [3.05, 3.63) is 34.9 Å². The largest absolute Gasteiger partial charge is 0.479 e. The predicted molar refractivity (Wildman–Crippen MR) is 78.2 cm³/mol. The highest BCUT2D eigenvalue weighted by Crippen LogP contribution is 2.16. The van der Waals surface area contributed by atoms with Gasteiger partial charge >= 0.3 is 5.97 Å². The maximum Gasteiger partial charge on any atom is 0.334 e. The molecule has 114 valence electrons. The van der Waals surface area contributed by atoms with E-state index < -0.39 is 12.1 Å². The van der Waals surface area contributed by atoms with E-state index in [2.05, 4.69) is 0 Å². The SMILES string of the molecule is Cc1ccc(C)c(CC(=O)N2CC(C(=O)O)O[C@H](C)C2)c1. The Morgan fingerprint density at radius 3 is 2.71 bits per heavy atom. The first-order valence-corrected chi connectivity index (χ1v) is 7.09. The first-order chi connectivity index (χ1) is 9.86. The molecule has 1 aliphatic rings. The summed E-state index contributed by atoms with van der Waals surface area (Å²) in [5, 5.41) is 9.06. The Morgan fingerprint density at radius 1 is 1.33 bits per heavy atom. The summed E-state index contributed by atoms with van der Waals surface area (Å²) in [4.78, 5) is 25.1. The Balaban J connectivity index is 2.08. The first kappa shape index (κ1) is 15.5. The molecule has 0 saturated carbocycles. The monoisotopic (exact) mass is 291 g/mol. The highest BCUT2D eigenvalue weighted by molar-refractivity contribution is 5.81. The molecule has 1 amide bonds. The maximum absolute atomic E-state index is 12.4. The lowest BCUT2D eigenvalue weighted by Crippen LogP contribution is -2.52. The van der Waals surface area contributed by atoms with Gasteiger partial charge in [-0.2, -0.15) is 0 Å². The van der Waals surface area contributed by atoms with Gasteiger partial charge in [0.1, 0.15) is 0 Å². The molecule has 1 saturated heterocycles. The van der Waals surface area contributed by atoms with Crippen molar-refractivity contribution in [1.82, 2.24) is 4.90 Å². The Labute approximate surface area is 124 Å². The van der Waals surface area contributed by atoms with Gasteiger partial charge in [-0.15, -0.1) is 0 Å². The predicted octanol–water partition coefficient (Wildman–Crippen LogP) is 1.55. The first-order valence-electron chi connectivity index (χ1n) is 7.09. The lowest BCUT2D eigenvalue weighted by molar-refractivity contribution is -0.166. The van der Waals surface area contributed by atoms with Crippen LogP contribution >= 0.6 is 0 Å². The summed E-state index contributed by atoms with van der Waals surface area (Å²) in [6, 6.07) is 6.02. The fourth-order valence-corrected chi connectivity index (χ4v) is 2.56. The molecular formula is C16H21NO4. The lowest BCUT2D eigenvalue weighted by atomic mass is 10.0. The molecule has 1 aliphatic heterocycles. The summed E-state index contributed by atoms with van der Waals surface area (Å²) in [7, 11) is 0. The van der Waals surface area contributed by atoms with Gasteiger partial charge in [0.25, 0.3) is 0 Å². The average Bonchev–Trinajstić information content (AvgIpc) is 2.42. The molecule has 1 heterocycles. The molecule has 1 aromatic carbocycles. The normalized spacial score (nSPS) is 22.1. The van der Waals surface area contributed by atoms with E-state index in [1.165, 1.54) is 0 Å². The number of aryl methyl sites for hydroxylation is 2. The third-order valence-corrected chi connectivity index (χ3v) is 3.73. The van der Waals surface area contributed by atoms with Crippen LogP contribution in [0.25, 0.3) is 0 Å². The van der Waals surface area contributed by atoms with Gasteiger partial charge in [0, 0.05) is 6.54 Å². The van der Waals surface area contributed by atoms with E-state index in [0.717, 1.165) is 16.7 Å². The van der Waals surface area contributed by atoms with Crippen molar-refractivity contribution in [3.63, 3.8) is 0 Å². The smallest absolute Gasteiger partial charge is 0.334 e. The molecule has 2 atom stereocenters. The Bertz CT molecular complexity index is 555. The number of carboxylic acids is 1. The summed E-state index contributed by atoms with van der Waals surface area (Å²) in [6.07, 6.45) is -0.897. The summed E-state index contributed by atoms with van der Waals surface area (Å²) in [5.74, 6) is -1.07. The van der Waals surface area contributed by atoms with Crippen molar-refractivity contribution in [1.29, 1.82) is 0 Å². The minimum atomic E-state index is -1.02. The van der Waals surface area contributed by atoms with E-state index >= 15 is 0 Å². The number of carbonyl (C=O) groups is 2. The maximum atomic E-state index is 12.4. The molecule has 0 aromatic heterocycles. The molecule has 1 N–H and O–H groups in total. The van der Waals surface area contributed by atoms with E-state index in [1.807, 2.05) is 32.0 Å². The standard InChI is InChI=1S/C16H21NO4/c1-10-4-5-11(2)13(6-10)7-15(18)17-8-12(3)21-14(9-17)16(19)20/h4-6,12,14H,7-9H2,1-3H3,(H,19,20)/t12-,14?/m1/s1. The number of amides is 1. The number of hydrogen-bond acceptors (Lipinski definition) is 3. The molecule has 21 heavy (non-hydrogen) atoms. The second-order valence-corrected chi connectivity index (χ2v) is 5.68. The van der Waals surface area contributed by atoms with Crippen LogP contribution in [0.4, 0.5) is 0 Å². The zero-order valence-electron chi connectivity index (χ0n) is 12.6. The van der Waals surface area contributed by atoms with Crippen molar-refractivity contribution < 1.29 is 19.4 Å². The van der Waals surface area contributed by atoms with Gasteiger partial charge in [-0.3, -0.25) is 4.79 Å². The second-order valence-electron chi connectivity index (χ2n) is 5.68. The molecule has 0 radical (unpaired) electrons. The number of ether oxygens (including phenoxy) is 1. The van der Waals surface area contributed by atoms with Crippen LogP contribution in [0.5, 0.6) is 0 Å². The topological polar surface area (TPSA) is 66.8 Å². The molecule has 1 fully saturated rings. The van der Waals surface area contributed by atoms with Gasteiger partial charge in [-0.05, 0) is 31.9 Å². The number of aliphatic carboxylic acids is 1. The summed E-state index contributed by atoms with van der Waals surface area (Å²) in [6.45, 7) is 6.30. The van der Waals surface area contributed by atoms with Gasteiger partial charge in [0.05, 0.1) is 19.1 Å². The molecule has 0 bridgehead atoms. The van der Waals surface area contributed by atoms with Crippen molar-refractivity contribution in [3.8, 4) is 0 Å². The highest BCUT2D eigenvalue weighted by Gasteiger charge is 2.32. The quantitative estimate of drug-likeness (QED) is 0.917. The molecule has 0 spiro atoms. The van der Waals surface area contributed by atoms with Crippen LogP contribution in [-0.4, -0.2) is 47.2 Å². The van der Waals surface area contributed by atoms with Crippen molar-refractivity contribution >= 4 is 11.9 Å². The van der Waals surface area contributed by atoms with E-state index in [9.17, 15) is 9.59 Å². The van der Waals surface area contributed by atoms with Crippen LogP contribution in [0.15, 0.2) is 18.2 Å². The van der Waals surface area contributed by atoms with Crippen LogP contribution in [0.2, 0.25) is 0 Å². The second kappa shape index (κ2) is 6.26. The van der Waals surface area contributed by atoms with Crippen molar-refractivity contribution in [2.45, 2.75) is 39.4 Å². The Kier molecular flexibility index (Phi) is 4.63. The number of morpholine rings is 1. The molecule has 0 aliphatic carbocycles. The van der Waals surface area contributed by atoms with Gasteiger partial charge in [0.15, 0.2) is 6.10 Å². The fraction of sp³-hybridized carbons (Fsp3) is 0.500. The molecule has 1 aromatic rings. The highest BCUT2D eigenvalue weighted by atomic mass is 16.5. The molecular weight excluding hydrogens is 270 g/mol. The minimum Gasteiger partial charge on any atom is -0.479 e. The molecule has 5 heteroatoms. The van der Waals surface area contributed by atoms with Crippen molar-refractivity contribution in [2.24, 2.45) is 0 Å². The van der Waals surface area contributed by atoms with Gasteiger partial charge in [-0.1, -0.05) is 23.8 Å².